The van der Waals surface area contributed by atoms with Gasteiger partial charge in [0.05, 0.1) is 6.61 Å². The lowest BCUT2D eigenvalue weighted by Gasteiger charge is -2.16. The second kappa shape index (κ2) is 7.76. The number of ether oxygens (including phenoxy) is 1. The molecule has 84 valence electrons. The first-order chi connectivity index (χ1) is 6.57. The van der Waals surface area contributed by atoms with Gasteiger partial charge in [-0.3, -0.25) is 4.79 Å². The van der Waals surface area contributed by atoms with Crippen molar-refractivity contribution in [1.82, 2.24) is 10.2 Å². The molecule has 0 rings (SSSR count). The van der Waals surface area contributed by atoms with Crippen molar-refractivity contribution in [1.29, 1.82) is 0 Å². The van der Waals surface area contributed by atoms with Crippen LogP contribution in [0.2, 0.25) is 0 Å². The highest BCUT2D eigenvalue weighted by Crippen LogP contribution is 1.93. The van der Waals surface area contributed by atoms with E-state index in [2.05, 4.69) is 5.32 Å². The van der Waals surface area contributed by atoms with Gasteiger partial charge in [0.1, 0.15) is 0 Å². The van der Waals surface area contributed by atoms with Crippen molar-refractivity contribution in [2.45, 2.75) is 26.3 Å². The van der Waals surface area contributed by atoms with Gasteiger partial charge in [-0.1, -0.05) is 0 Å². The normalized spacial score (nSPS) is 12.6. The number of carbonyl (C=O) groups is 1. The summed E-state index contributed by atoms with van der Waals surface area (Å²) in [6.45, 7) is 6.23. The van der Waals surface area contributed by atoms with E-state index < -0.39 is 0 Å². The molecule has 1 unspecified atom stereocenters. The molecule has 14 heavy (non-hydrogen) atoms. The third-order valence-electron chi connectivity index (χ3n) is 1.92. The third kappa shape index (κ3) is 6.86. The van der Waals surface area contributed by atoms with Crippen LogP contribution in [0.5, 0.6) is 0 Å². The fourth-order valence-electron chi connectivity index (χ4n) is 1.04. The molecule has 0 fully saturated rings. The van der Waals surface area contributed by atoms with Crippen LogP contribution < -0.4 is 5.32 Å². The average molecular weight is 202 g/mol. The van der Waals surface area contributed by atoms with Crippen LogP contribution in [0.3, 0.4) is 0 Å². The van der Waals surface area contributed by atoms with Crippen LogP contribution in [0.15, 0.2) is 0 Å². The van der Waals surface area contributed by atoms with Crippen molar-refractivity contribution in [2.75, 3.05) is 33.9 Å². The third-order valence-corrected chi connectivity index (χ3v) is 1.92. The molecule has 1 atom stereocenters. The van der Waals surface area contributed by atoms with E-state index in [0.29, 0.717) is 13.0 Å². The molecule has 0 radical (unpaired) electrons. The average Bonchev–Trinajstić information content (AvgIpc) is 2.12. The topological polar surface area (TPSA) is 41.6 Å². The molecule has 0 bridgehead atoms. The molecule has 0 saturated heterocycles. The second-order valence-corrected chi connectivity index (χ2v) is 3.54. The zero-order chi connectivity index (χ0) is 11.0. The van der Waals surface area contributed by atoms with Gasteiger partial charge < -0.3 is 15.0 Å². The van der Waals surface area contributed by atoms with Gasteiger partial charge in [-0.15, -0.1) is 0 Å². The van der Waals surface area contributed by atoms with Crippen molar-refractivity contribution >= 4 is 5.91 Å². The molecule has 0 aromatic rings. The SMILES string of the molecule is CCOCCNC(C)CC(=O)N(C)C. The number of hydrogen-bond acceptors (Lipinski definition) is 3. The van der Waals surface area contributed by atoms with Crippen molar-refractivity contribution in [3.8, 4) is 0 Å². The minimum atomic E-state index is 0.154. The number of nitrogens with one attached hydrogen (secondary N) is 1. The van der Waals surface area contributed by atoms with Crippen molar-refractivity contribution < 1.29 is 9.53 Å². The number of rotatable bonds is 7. The molecule has 0 aromatic heterocycles. The van der Waals surface area contributed by atoms with E-state index in [1.54, 1.807) is 19.0 Å². The number of amides is 1. The molecule has 1 amide bonds. The first-order valence-electron chi connectivity index (χ1n) is 5.09. The largest absolute Gasteiger partial charge is 0.380 e. The molecule has 4 nitrogen and oxygen atoms in total. The molecule has 0 aliphatic heterocycles. The summed E-state index contributed by atoms with van der Waals surface area (Å²) in [7, 11) is 3.55. The maximum absolute atomic E-state index is 11.3. The summed E-state index contributed by atoms with van der Waals surface area (Å²) in [6, 6.07) is 0.213. The zero-order valence-corrected chi connectivity index (χ0v) is 9.67. The van der Waals surface area contributed by atoms with Crippen LogP contribution in [0.1, 0.15) is 20.3 Å². The van der Waals surface area contributed by atoms with E-state index in [1.807, 2.05) is 13.8 Å². The molecular weight excluding hydrogens is 180 g/mol. The number of carbonyl (C=O) groups excluding carboxylic acids is 1. The first-order valence-corrected chi connectivity index (χ1v) is 5.09. The van der Waals surface area contributed by atoms with Crippen LogP contribution in [0, 0.1) is 0 Å². The Morgan fingerprint density at radius 2 is 2.14 bits per heavy atom. The minimum absolute atomic E-state index is 0.154. The summed E-state index contributed by atoms with van der Waals surface area (Å²) in [6.07, 6.45) is 0.541. The fourth-order valence-corrected chi connectivity index (χ4v) is 1.04. The summed E-state index contributed by atoms with van der Waals surface area (Å²) < 4.78 is 5.18. The van der Waals surface area contributed by atoms with Gasteiger partial charge in [0.25, 0.3) is 0 Å². The van der Waals surface area contributed by atoms with Gasteiger partial charge in [0.2, 0.25) is 5.91 Å². The highest BCUT2D eigenvalue weighted by Gasteiger charge is 2.09. The Balaban J connectivity index is 3.45. The quantitative estimate of drug-likeness (QED) is 0.611. The summed E-state index contributed by atoms with van der Waals surface area (Å²) in [5, 5.41) is 3.23. The van der Waals surface area contributed by atoms with E-state index in [1.165, 1.54) is 0 Å². The highest BCUT2D eigenvalue weighted by molar-refractivity contribution is 5.76. The van der Waals surface area contributed by atoms with Crippen molar-refractivity contribution in [2.24, 2.45) is 0 Å². The molecule has 0 aromatic carbocycles. The minimum Gasteiger partial charge on any atom is -0.380 e. The maximum Gasteiger partial charge on any atom is 0.223 e. The Kier molecular flexibility index (Phi) is 7.42. The van der Waals surface area contributed by atoms with Gasteiger partial charge in [0, 0.05) is 39.7 Å². The summed E-state index contributed by atoms with van der Waals surface area (Å²) >= 11 is 0. The van der Waals surface area contributed by atoms with Crippen molar-refractivity contribution in [3.63, 3.8) is 0 Å². The zero-order valence-electron chi connectivity index (χ0n) is 9.67. The maximum atomic E-state index is 11.3. The fraction of sp³-hybridized carbons (Fsp3) is 0.900. The van der Waals surface area contributed by atoms with Crippen molar-refractivity contribution in [3.05, 3.63) is 0 Å². The van der Waals surface area contributed by atoms with Crippen LogP contribution >= 0.6 is 0 Å². The lowest BCUT2D eigenvalue weighted by atomic mass is 10.2. The monoisotopic (exact) mass is 202 g/mol. The number of nitrogens with zero attached hydrogens (tertiary/aromatic N) is 1. The van der Waals surface area contributed by atoms with Gasteiger partial charge >= 0.3 is 0 Å². The lowest BCUT2D eigenvalue weighted by molar-refractivity contribution is -0.129. The Bertz CT molecular complexity index is 160. The molecule has 0 aliphatic rings. The highest BCUT2D eigenvalue weighted by atomic mass is 16.5. The molecule has 0 saturated carbocycles. The Morgan fingerprint density at radius 1 is 1.50 bits per heavy atom. The van der Waals surface area contributed by atoms with E-state index >= 15 is 0 Å². The second-order valence-electron chi connectivity index (χ2n) is 3.54. The van der Waals surface area contributed by atoms with Crippen LogP contribution in [-0.4, -0.2) is 50.7 Å². The molecular formula is C10H22N2O2. The Morgan fingerprint density at radius 3 is 2.64 bits per heavy atom. The Hall–Kier alpha value is -0.610. The summed E-state index contributed by atoms with van der Waals surface area (Å²) in [5.41, 5.74) is 0. The lowest BCUT2D eigenvalue weighted by Crippen LogP contribution is -2.35. The van der Waals surface area contributed by atoms with Crippen LogP contribution in [0.25, 0.3) is 0 Å². The first kappa shape index (κ1) is 13.4. The van der Waals surface area contributed by atoms with Gasteiger partial charge in [-0.05, 0) is 13.8 Å². The predicted octanol–water partition coefficient (Wildman–Crippen LogP) is 0.479. The number of hydrogen-bond donors (Lipinski definition) is 1. The van der Waals surface area contributed by atoms with Crippen LogP contribution in [0.4, 0.5) is 0 Å². The van der Waals surface area contributed by atoms with Gasteiger partial charge in [-0.25, -0.2) is 0 Å². The summed E-state index contributed by atoms with van der Waals surface area (Å²) in [5.74, 6) is 0.154. The predicted molar refractivity (Wildman–Crippen MR) is 57.3 cm³/mol. The van der Waals surface area contributed by atoms with E-state index in [9.17, 15) is 4.79 Å². The standard InChI is InChI=1S/C10H22N2O2/c1-5-14-7-6-11-9(2)8-10(13)12(3)4/h9,11H,5-8H2,1-4H3. The Labute approximate surface area is 86.6 Å². The molecule has 0 heterocycles. The summed E-state index contributed by atoms with van der Waals surface area (Å²) in [4.78, 5) is 12.9. The van der Waals surface area contributed by atoms with E-state index in [0.717, 1.165) is 13.2 Å². The van der Waals surface area contributed by atoms with E-state index in [-0.39, 0.29) is 11.9 Å². The molecule has 4 heteroatoms. The molecule has 0 spiro atoms. The van der Waals surface area contributed by atoms with Crippen LogP contribution in [-0.2, 0) is 9.53 Å². The van der Waals surface area contributed by atoms with E-state index in [4.69, 9.17) is 4.74 Å². The van der Waals surface area contributed by atoms with Gasteiger partial charge in [0.15, 0.2) is 0 Å². The van der Waals surface area contributed by atoms with Gasteiger partial charge in [-0.2, -0.15) is 0 Å². The smallest absolute Gasteiger partial charge is 0.223 e. The molecule has 1 N–H and O–H groups in total. The molecule has 0 aliphatic carbocycles.